The van der Waals surface area contributed by atoms with Crippen LogP contribution in [0.5, 0.6) is 0 Å². The van der Waals surface area contributed by atoms with Gasteiger partial charge >= 0.3 is 0 Å². The van der Waals surface area contributed by atoms with Crippen LogP contribution in [0.4, 0.5) is 0 Å². The molecule has 0 unspecified atom stereocenters. The summed E-state index contributed by atoms with van der Waals surface area (Å²) in [5.41, 5.74) is -0.788. The number of carboxylic acid groups (broad SMARTS) is 1. The van der Waals surface area contributed by atoms with E-state index in [0.717, 1.165) is 6.08 Å². The Morgan fingerprint density at radius 1 is 1.58 bits per heavy atom. The SMILES string of the molecule is C=CC(=O)NC(C)(C)CC(=O)[O-]. The van der Waals surface area contributed by atoms with E-state index >= 15 is 0 Å². The lowest BCUT2D eigenvalue weighted by atomic mass is 10.0. The van der Waals surface area contributed by atoms with Crippen LogP contribution in [-0.4, -0.2) is 17.4 Å². The van der Waals surface area contributed by atoms with E-state index in [9.17, 15) is 14.7 Å². The third-order valence-corrected chi connectivity index (χ3v) is 1.23. The number of aliphatic carboxylic acids is 1. The van der Waals surface area contributed by atoms with Crippen molar-refractivity contribution in [3.8, 4) is 0 Å². The van der Waals surface area contributed by atoms with Crippen molar-refractivity contribution in [1.82, 2.24) is 5.32 Å². The van der Waals surface area contributed by atoms with E-state index in [2.05, 4.69) is 11.9 Å². The van der Waals surface area contributed by atoms with Crippen LogP contribution in [0.15, 0.2) is 12.7 Å². The maximum atomic E-state index is 10.8. The number of nitrogens with one attached hydrogen (secondary N) is 1. The first-order valence-corrected chi connectivity index (χ1v) is 3.52. The first-order valence-electron chi connectivity index (χ1n) is 3.52. The fraction of sp³-hybridized carbons (Fsp3) is 0.500. The van der Waals surface area contributed by atoms with Crippen LogP contribution in [0, 0.1) is 0 Å². The Bertz CT molecular complexity index is 208. The number of carboxylic acids is 1. The molecule has 4 nitrogen and oxygen atoms in total. The van der Waals surface area contributed by atoms with Gasteiger partial charge in [0.05, 0.1) is 0 Å². The number of amides is 1. The molecule has 0 aromatic heterocycles. The summed E-state index contributed by atoms with van der Waals surface area (Å²) in [4.78, 5) is 21.0. The Kier molecular flexibility index (Phi) is 3.47. The van der Waals surface area contributed by atoms with Gasteiger partial charge in [-0.2, -0.15) is 0 Å². The first-order chi connectivity index (χ1) is 5.37. The number of rotatable bonds is 4. The Hall–Kier alpha value is -1.32. The van der Waals surface area contributed by atoms with Gasteiger partial charge in [0.15, 0.2) is 0 Å². The molecule has 1 amide bonds. The highest BCUT2D eigenvalue weighted by Crippen LogP contribution is 2.06. The molecule has 0 aromatic carbocycles. The molecule has 0 heterocycles. The molecule has 0 atom stereocenters. The van der Waals surface area contributed by atoms with Gasteiger partial charge in [0.25, 0.3) is 0 Å². The molecule has 1 N–H and O–H groups in total. The Morgan fingerprint density at radius 2 is 2.08 bits per heavy atom. The summed E-state index contributed by atoms with van der Waals surface area (Å²) in [5, 5.41) is 12.7. The molecule has 0 aliphatic rings. The minimum atomic E-state index is -1.19. The summed E-state index contributed by atoms with van der Waals surface area (Å²) in [6.07, 6.45) is 0.879. The van der Waals surface area contributed by atoms with E-state index in [0.29, 0.717) is 0 Å². The molecule has 0 rings (SSSR count). The second kappa shape index (κ2) is 3.90. The smallest absolute Gasteiger partial charge is 0.243 e. The van der Waals surface area contributed by atoms with Gasteiger partial charge in [-0.25, -0.2) is 0 Å². The normalized spacial score (nSPS) is 10.5. The summed E-state index contributed by atoms with van der Waals surface area (Å²) in [6.45, 7) is 6.45. The highest BCUT2D eigenvalue weighted by Gasteiger charge is 2.18. The first kappa shape index (κ1) is 10.7. The van der Waals surface area contributed by atoms with E-state index in [4.69, 9.17) is 0 Å². The van der Waals surface area contributed by atoms with Gasteiger partial charge in [-0.3, -0.25) is 4.79 Å². The third kappa shape index (κ3) is 4.49. The summed E-state index contributed by atoms with van der Waals surface area (Å²) < 4.78 is 0. The van der Waals surface area contributed by atoms with Gasteiger partial charge in [0.1, 0.15) is 0 Å². The standard InChI is InChI=1S/C8H13NO3/c1-4-6(10)9-8(2,3)5-7(11)12/h4H,1,5H2,2-3H3,(H,9,10)(H,11,12)/p-1. The molecule has 4 heteroatoms. The van der Waals surface area contributed by atoms with Crippen LogP contribution in [0.3, 0.4) is 0 Å². The number of carbonyl (C=O) groups is 2. The zero-order valence-electron chi connectivity index (χ0n) is 7.22. The van der Waals surface area contributed by atoms with Crippen LogP contribution in [0.1, 0.15) is 20.3 Å². The lowest BCUT2D eigenvalue weighted by Gasteiger charge is -2.25. The zero-order chi connectivity index (χ0) is 9.78. The average molecular weight is 170 g/mol. The predicted octanol–water partition coefficient (Wildman–Crippen LogP) is -0.793. The van der Waals surface area contributed by atoms with Crippen molar-refractivity contribution in [2.24, 2.45) is 0 Å². The van der Waals surface area contributed by atoms with E-state index < -0.39 is 11.5 Å². The number of carbonyl (C=O) groups excluding carboxylic acids is 2. The lowest BCUT2D eigenvalue weighted by molar-refractivity contribution is -0.306. The van der Waals surface area contributed by atoms with Crippen LogP contribution in [-0.2, 0) is 9.59 Å². The van der Waals surface area contributed by atoms with Crippen molar-refractivity contribution >= 4 is 11.9 Å². The average Bonchev–Trinajstić information content (AvgIpc) is 1.83. The molecular formula is C8H12NO3-. The number of hydrogen-bond acceptors (Lipinski definition) is 3. The molecule has 0 saturated heterocycles. The summed E-state index contributed by atoms with van der Waals surface area (Å²) in [6, 6.07) is 0. The lowest BCUT2D eigenvalue weighted by Crippen LogP contribution is -2.46. The fourth-order valence-corrected chi connectivity index (χ4v) is 0.790. The molecule has 0 aromatic rings. The van der Waals surface area contributed by atoms with Crippen molar-refractivity contribution in [1.29, 1.82) is 0 Å². The van der Waals surface area contributed by atoms with Crippen LogP contribution in [0.25, 0.3) is 0 Å². The fourth-order valence-electron chi connectivity index (χ4n) is 0.790. The molecule has 0 aliphatic carbocycles. The van der Waals surface area contributed by atoms with Gasteiger partial charge in [0.2, 0.25) is 5.91 Å². The monoisotopic (exact) mass is 170 g/mol. The molecule has 0 bridgehead atoms. The topological polar surface area (TPSA) is 69.2 Å². The zero-order valence-corrected chi connectivity index (χ0v) is 7.22. The second-order valence-electron chi connectivity index (χ2n) is 3.13. The minimum Gasteiger partial charge on any atom is -0.550 e. The van der Waals surface area contributed by atoms with Crippen molar-refractivity contribution in [2.45, 2.75) is 25.8 Å². The van der Waals surface area contributed by atoms with Gasteiger partial charge in [-0.15, -0.1) is 0 Å². The van der Waals surface area contributed by atoms with E-state index in [1.54, 1.807) is 13.8 Å². The number of hydrogen-bond donors (Lipinski definition) is 1. The van der Waals surface area contributed by atoms with Crippen molar-refractivity contribution in [3.63, 3.8) is 0 Å². The maximum Gasteiger partial charge on any atom is 0.243 e. The Morgan fingerprint density at radius 3 is 2.42 bits per heavy atom. The van der Waals surface area contributed by atoms with E-state index in [1.807, 2.05) is 0 Å². The summed E-state index contributed by atoms with van der Waals surface area (Å²) in [7, 11) is 0. The molecule has 12 heavy (non-hydrogen) atoms. The van der Waals surface area contributed by atoms with Gasteiger partial charge in [-0.1, -0.05) is 6.58 Å². The summed E-state index contributed by atoms with van der Waals surface area (Å²) >= 11 is 0. The van der Waals surface area contributed by atoms with Crippen LogP contribution >= 0.6 is 0 Å². The molecular weight excluding hydrogens is 158 g/mol. The van der Waals surface area contributed by atoms with Gasteiger partial charge in [0, 0.05) is 17.9 Å². The van der Waals surface area contributed by atoms with Crippen LogP contribution < -0.4 is 10.4 Å². The minimum absolute atomic E-state index is 0.216. The van der Waals surface area contributed by atoms with Crippen molar-refractivity contribution in [3.05, 3.63) is 12.7 Å². The molecule has 0 spiro atoms. The van der Waals surface area contributed by atoms with E-state index in [1.165, 1.54) is 0 Å². The van der Waals surface area contributed by atoms with E-state index in [-0.39, 0.29) is 12.3 Å². The second-order valence-corrected chi connectivity index (χ2v) is 3.13. The largest absolute Gasteiger partial charge is 0.550 e. The van der Waals surface area contributed by atoms with Crippen molar-refractivity contribution < 1.29 is 14.7 Å². The quantitative estimate of drug-likeness (QED) is 0.562. The summed E-state index contributed by atoms with van der Waals surface area (Å²) in [5.74, 6) is -1.58. The van der Waals surface area contributed by atoms with Crippen LogP contribution in [0.2, 0.25) is 0 Å². The highest BCUT2D eigenvalue weighted by atomic mass is 16.4. The predicted molar refractivity (Wildman–Crippen MR) is 42.0 cm³/mol. The molecule has 0 aliphatic heterocycles. The Balaban J connectivity index is 4.11. The van der Waals surface area contributed by atoms with Gasteiger partial charge in [-0.05, 0) is 19.9 Å². The maximum absolute atomic E-state index is 10.8. The van der Waals surface area contributed by atoms with Gasteiger partial charge < -0.3 is 15.2 Å². The molecule has 0 saturated carbocycles. The molecule has 0 fully saturated rings. The molecule has 68 valence electrons. The molecule has 0 radical (unpaired) electrons. The Labute approximate surface area is 71.3 Å². The van der Waals surface area contributed by atoms with Crippen molar-refractivity contribution in [2.75, 3.05) is 0 Å². The highest BCUT2D eigenvalue weighted by molar-refractivity contribution is 5.87. The third-order valence-electron chi connectivity index (χ3n) is 1.23.